The molecule has 1 saturated heterocycles. The van der Waals surface area contributed by atoms with Crippen LogP contribution in [0.4, 0.5) is 0 Å². The summed E-state index contributed by atoms with van der Waals surface area (Å²) in [5, 5.41) is 42.5. The molecular formula is C32H44N4O8. The predicted molar refractivity (Wildman–Crippen MR) is 163 cm³/mol. The molecule has 0 radical (unpaired) electrons. The SMILES string of the molecule is CCCCCC(N)C(O)C(=O)NC(Cc1ccc(O)cc1)C(=O)N(C)C(Cc1ccc(O)cc1)C(=O)N1CCCC1C(=O)O. The monoisotopic (exact) mass is 612 g/mol. The average molecular weight is 613 g/mol. The normalized spacial score (nSPS) is 17.4. The molecular weight excluding hydrogens is 568 g/mol. The number of aliphatic hydroxyl groups is 1. The Labute approximate surface area is 257 Å². The summed E-state index contributed by atoms with van der Waals surface area (Å²) in [6.45, 7) is 2.25. The number of phenolic OH excluding ortho intramolecular Hbond substituents is 2. The topological polar surface area (TPSA) is 194 Å². The molecule has 240 valence electrons. The van der Waals surface area contributed by atoms with E-state index in [4.69, 9.17) is 5.73 Å². The summed E-state index contributed by atoms with van der Waals surface area (Å²) in [6, 6.07) is 7.98. The van der Waals surface area contributed by atoms with E-state index < -0.39 is 54.0 Å². The smallest absolute Gasteiger partial charge is 0.326 e. The van der Waals surface area contributed by atoms with Crippen LogP contribution < -0.4 is 11.1 Å². The Hall–Kier alpha value is -4.16. The first-order valence-corrected chi connectivity index (χ1v) is 15.0. The lowest BCUT2D eigenvalue weighted by molar-refractivity contribution is -0.153. The first-order chi connectivity index (χ1) is 20.9. The maximum Gasteiger partial charge on any atom is 0.326 e. The quantitative estimate of drug-likeness (QED) is 0.162. The molecule has 0 aliphatic carbocycles. The maximum absolute atomic E-state index is 14.1. The van der Waals surface area contributed by atoms with Crippen LogP contribution in [-0.4, -0.2) is 97.8 Å². The van der Waals surface area contributed by atoms with Gasteiger partial charge >= 0.3 is 5.97 Å². The molecule has 0 saturated carbocycles. The molecule has 7 N–H and O–H groups in total. The Bertz CT molecular complexity index is 1270. The van der Waals surface area contributed by atoms with Gasteiger partial charge in [0, 0.05) is 32.5 Å². The third-order valence-corrected chi connectivity index (χ3v) is 8.09. The van der Waals surface area contributed by atoms with Crippen LogP contribution in [0.1, 0.15) is 56.6 Å². The van der Waals surface area contributed by atoms with Gasteiger partial charge < -0.3 is 41.3 Å². The number of amides is 3. The fourth-order valence-electron chi connectivity index (χ4n) is 5.43. The molecule has 12 heteroatoms. The predicted octanol–water partition coefficient (Wildman–Crippen LogP) is 1.54. The van der Waals surface area contributed by atoms with Crippen molar-refractivity contribution in [3.8, 4) is 11.5 Å². The number of carbonyl (C=O) groups is 4. The number of hydrogen-bond acceptors (Lipinski definition) is 8. The van der Waals surface area contributed by atoms with Gasteiger partial charge in [0.15, 0.2) is 0 Å². The molecule has 3 amide bonds. The first-order valence-electron chi connectivity index (χ1n) is 15.0. The highest BCUT2D eigenvalue weighted by atomic mass is 16.4. The molecule has 0 spiro atoms. The maximum atomic E-state index is 14.1. The molecule has 1 heterocycles. The number of hydrogen-bond donors (Lipinski definition) is 6. The van der Waals surface area contributed by atoms with Crippen LogP contribution in [-0.2, 0) is 32.0 Å². The summed E-state index contributed by atoms with van der Waals surface area (Å²) < 4.78 is 0. The summed E-state index contributed by atoms with van der Waals surface area (Å²) in [6.07, 6.45) is 2.22. The molecule has 0 bridgehead atoms. The molecule has 5 unspecified atom stereocenters. The van der Waals surface area contributed by atoms with Crippen molar-refractivity contribution in [1.29, 1.82) is 0 Å². The van der Waals surface area contributed by atoms with E-state index in [-0.39, 0.29) is 30.9 Å². The van der Waals surface area contributed by atoms with Crippen molar-refractivity contribution in [1.82, 2.24) is 15.1 Å². The Morgan fingerprint density at radius 1 is 0.977 bits per heavy atom. The lowest BCUT2D eigenvalue weighted by Crippen LogP contribution is -2.59. The number of carboxylic acids is 1. The fraction of sp³-hybridized carbons (Fsp3) is 0.500. The van der Waals surface area contributed by atoms with Gasteiger partial charge in [0.1, 0.15) is 35.7 Å². The minimum atomic E-state index is -1.57. The molecule has 2 aromatic rings. The largest absolute Gasteiger partial charge is 0.508 e. The number of aliphatic hydroxyl groups excluding tert-OH is 1. The lowest BCUT2D eigenvalue weighted by Gasteiger charge is -2.35. The zero-order valence-electron chi connectivity index (χ0n) is 25.3. The number of phenols is 2. The number of benzene rings is 2. The van der Waals surface area contributed by atoms with Gasteiger partial charge in [-0.15, -0.1) is 0 Å². The highest BCUT2D eigenvalue weighted by Gasteiger charge is 2.41. The van der Waals surface area contributed by atoms with E-state index in [1.165, 1.54) is 41.1 Å². The van der Waals surface area contributed by atoms with Crippen LogP contribution in [0.3, 0.4) is 0 Å². The van der Waals surface area contributed by atoms with Crippen molar-refractivity contribution in [2.75, 3.05) is 13.6 Å². The van der Waals surface area contributed by atoms with Crippen molar-refractivity contribution in [3.63, 3.8) is 0 Å². The second kappa shape index (κ2) is 16.1. The Morgan fingerprint density at radius 3 is 2.09 bits per heavy atom. The molecule has 1 fully saturated rings. The molecule has 2 aromatic carbocycles. The number of nitrogens with one attached hydrogen (secondary N) is 1. The number of rotatable bonds is 15. The molecule has 3 rings (SSSR count). The minimum Gasteiger partial charge on any atom is -0.508 e. The molecule has 12 nitrogen and oxygen atoms in total. The number of aliphatic carboxylic acids is 1. The third kappa shape index (κ3) is 9.17. The summed E-state index contributed by atoms with van der Waals surface area (Å²) in [5.41, 5.74) is 7.31. The van der Waals surface area contributed by atoms with Crippen molar-refractivity contribution in [3.05, 3.63) is 59.7 Å². The van der Waals surface area contributed by atoms with Crippen LogP contribution in [0.15, 0.2) is 48.5 Å². The van der Waals surface area contributed by atoms with Gasteiger partial charge in [-0.3, -0.25) is 14.4 Å². The van der Waals surface area contributed by atoms with Crippen molar-refractivity contribution in [2.24, 2.45) is 5.73 Å². The van der Waals surface area contributed by atoms with E-state index in [9.17, 15) is 39.6 Å². The van der Waals surface area contributed by atoms with Gasteiger partial charge in [-0.25, -0.2) is 4.79 Å². The lowest BCUT2D eigenvalue weighted by atomic mass is 9.99. The van der Waals surface area contributed by atoms with E-state index in [1.54, 1.807) is 24.3 Å². The minimum absolute atomic E-state index is 0.0180. The molecule has 1 aliphatic heterocycles. The molecule has 0 aromatic heterocycles. The number of carboxylic acid groups (broad SMARTS) is 1. The van der Waals surface area contributed by atoms with Crippen molar-refractivity contribution >= 4 is 23.7 Å². The number of carbonyl (C=O) groups excluding carboxylic acids is 3. The van der Waals surface area contributed by atoms with E-state index in [0.29, 0.717) is 30.4 Å². The number of nitrogens with two attached hydrogens (primary N) is 1. The second-order valence-electron chi connectivity index (χ2n) is 11.4. The first kappa shape index (κ1) is 34.3. The van der Waals surface area contributed by atoms with Crippen LogP contribution in [0.2, 0.25) is 0 Å². The molecule has 44 heavy (non-hydrogen) atoms. The standard InChI is InChI=1S/C32H44N4O8/c1-3-4-5-7-24(33)28(39)29(40)34-25(18-20-9-13-22(37)14-10-20)30(41)35(2)27(19-21-11-15-23(38)16-12-21)31(42)36-17-6-8-26(36)32(43)44/h9-16,24-28,37-39H,3-8,17-19,33H2,1-2H3,(H,34,40)(H,43,44). The van der Waals surface area contributed by atoms with Gasteiger partial charge in [0.05, 0.1) is 0 Å². The van der Waals surface area contributed by atoms with E-state index >= 15 is 0 Å². The van der Waals surface area contributed by atoms with Crippen LogP contribution in [0, 0.1) is 0 Å². The van der Waals surface area contributed by atoms with E-state index in [2.05, 4.69) is 5.32 Å². The van der Waals surface area contributed by atoms with Crippen molar-refractivity contribution < 1.29 is 39.6 Å². The molecule has 5 atom stereocenters. The Morgan fingerprint density at radius 2 is 1.55 bits per heavy atom. The summed E-state index contributed by atoms with van der Waals surface area (Å²) in [7, 11) is 1.42. The number of unbranched alkanes of at least 4 members (excludes halogenated alkanes) is 2. The van der Waals surface area contributed by atoms with Crippen LogP contribution >= 0.6 is 0 Å². The van der Waals surface area contributed by atoms with Gasteiger partial charge in [-0.1, -0.05) is 50.5 Å². The number of aromatic hydroxyl groups is 2. The fourth-order valence-corrected chi connectivity index (χ4v) is 5.43. The third-order valence-electron chi connectivity index (χ3n) is 8.09. The Kier molecular flexibility index (Phi) is 12.5. The highest BCUT2D eigenvalue weighted by molar-refractivity contribution is 5.94. The summed E-state index contributed by atoms with van der Waals surface area (Å²) in [4.78, 5) is 55.5. The number of likely N-dealkylation sites (tertiary alicyclic amines) is 1. The average Bonchev–Trinajstić information content (AvgIpc) is 3.51. The van der Waals surface area contributed by atoms with Gasteiger partial charge in [0.2, 0.25) is 11.8 Å². The molecule has 1 aliphatic rings. The number of likely N-dealkylation sites (N-methyl/N-ethyl adjacent to an activating group) is 1. The Balaban J connectivity index is 1.91. The van der Waals surface area contributed by atoms with E-state index in [0.717, 1.165) is 19.3 Å². The zero-order chi connectivity index (χ0) is 32.4. The van der Waals surface area contributed by atoms with Gasteiger partial charge in [-0.05, 0) is 54.7 Å². The number of nitrogens with zero attached hydrogens (tertiary/aromatic N) is 2. The van der Waals surface area contributed by atoms with Crippen molar-refractivity contribution in [2.45, 2.75) is 88.6 Å². The highest BCUT2D eigenvalue weighted by Crippen LogP contribution is 2.23. The van der Waals surface area contributed by atoms with E-state index in [1.807, 2.05) is 6.92 Å². The van der Waals surface area contributed by atoms with Gasteiger partial charge in [-0.2, -0.15) is 0 Å². The van der Waals surface area contributed by atoms with Crippen LogP contribution in [0.25, 0.3) is 0 Å². The second-order valence-corrected chi connectivity index (χ2v) is 11.4. The summed E-state index contributed by atoms with van der Waals surface area (Å²) in [5.74, 6) is -3.10. The van der Waals surface area contributed by atoms with Gasteiger partial charge in [0.25, 0.3) is 5.91 Å². The summed E-state index contributed by atoms with van der Waals surface area (Å²) >= 11 is 0. The van der Waals surface area contributed by atoms with Crippen LogP contribution in [0.5, 0.6) is 11.5 Å². The zero-order valence-corrected chi connectivity index (χ0v) is 25.3.